The summed E-state index contributed by atoms with van der Waals surface area (Å²) < 4.78 is 7.86. The van der Waals surface area contributed by atoms with Gasteiger partial charge in [0, 0.05) is 37.1 Å². The van der Waals surface area contributed by atoms with Crippen molar-refractivity contribution in [2.45, 2.75) is 45.9 Å². The maximum Gasteiger partial charge on any atom is 0.0954 e. The topological polar surface area (TPSA) is 43.2 Å². The van der Waals surface area contributed by atoms with Crippen molar-refractivity contribution in [1.82, 2.24) is 19.7 Å². The van der Waals surface area contributed by atoms with Gasteiger partial charge in [0.25, 0.3) is 0 Å². The molecule has 0 aromatic carbocycles. The number of morpholine rings is 1. The molecule has 0 unspecified atom stereocenters. The molecule has 6 heteroatoms. The van der Waals surface area contributed by atoms with Crippen LogP contribution < -0.4 is 0 Å². The van der Waals surface area contributed by atoms with Gasteiger partial charge in [-0.3, -0.25) is 9.58 Å². The van der Waals surface area contributed by atoms with Crippen LogP contribution in [0, 0.1) is 6.92 Å². The molecule has 0 saturated carbocycles. The standard InChI is InChI=1S/C16H24N4OS/c1-12(2)16-18-14(11-22-16)8-19-4-5-21-15(9-19)10-20-7-13(3)6-17-20/h6-7,11-12,15H,4-5,8-10H2,1-3H3/t15-/m1/s1. The number of ether oxygens (including phenoxy) is 1. The highest BCUT2D eigenvalue weighted by Gasteiger charge is 2.22. The van der Waals surface area contributed by atoms with E-state index in [1.807, 2.05) is 10.9 Å². The van der Waals surface area contributed by atoms with E-state index in [1.54, 1.807) is 11.3 Å². The molecule has 1 aliphatic rings. The zero-order chi connectivity index (χ0) is 15.5. The smallest absolute Gasteiger partial charge is 0.0954 e. The van der Waals surface area contributed by atoms with Crippen LogP contribution in [0.2, 0.25) is 0 Å². The van der Waals surface area contributed by atoms with Gasteiger partial charge in [0.1, 0.15) is 0 Å². The molecule has 5 nitrogen and oxygen atoms in total. The van der Waals surface area contributed by atoms with Gasteiger partial charge < -0.3 is 4.74 Å². The third kappa shape index (κ3) is 3.94. The Kier molecular flexibility index (Phi) is 4.90. The summed E-state index contributed by atoms with van der Waals surface area (Å²) in [6.07, 6.45) is 4.16. The van der Waals surface area contributed by atoms with Gasteiger partial charge >= 0.3 is 0 Å². The first-order valence-electron chi connectivity index (χ1n) is 7.87. The van der Waals surface area contributed by atoms with E-state index in [1.165, 1.54) is 16.3 Å². The number of rotatable bonds is 5. The zero-order valence-electron chi connectivity index (χ0n) is 13.5. The largest absolute Gasteiger partial charge is 0.374 e. The summed E-state index contributed by atoms with van der Waals surface area (Å²) in [6, 6.07) is 0. The Balaban J connectivity index is 1.55. The fraction of sp³-hybridized carbons (Fsp3) is 0.625. The molecule has 1 aliphatic heterocycles. The predicted octanol–water partition coefficient (Wildman–Crippen LogP) is 2.67. The summed E-state index contributed by atoms with van der Waals surface area (Å²) in [5.41, 5.74) is 2.38. The van der Waals surface area contributed by atoms with E-state index >= 15 is 0 Å². The molecule has 2 aromatic rings. The Hall–Kier alpha value is -1.24. The highest BCUT2D eigenvalue weighted by molar-refractivity contribution is 7.09. The van der Waals surface area contributed by atoms with E-state index in [-0.39, 0.29) is 6.10 Å². The van der Waals surface area contributed by atoms with Crippen LogP contribution in [0.5, 0.6) is 0 Å². The maximum absolute atomic E-state index is 5.88. The molecule has 3 rings (SSSR count). The summed E-state index contributed by atoms with van der Waals surface area (Å²) >= 11 is 1.77. The molecule has 1 atom stereocenters. The van der Waals surface area contributed by atoms with Crippen molar-refractivity contribution < 1.29 is 4.74 Å². The number of hydrogen-bond acceptors (Lipinski definition) is 5. The van der Waals surface area contributed by atoms with Gasteiger partial charge in [0.15, 0.2) is 0 Å². The molecule has 0 radical (unpaired) electrons. The molecule has 22 heavy (non-hydrogen) atoms. The fourth-order valence-electron chi connectivity index (χ4n) is 2.70. The van der Waals surface area contributed by atoms with Crippen molar-refractivity contribution >= 4 is 11.3 Å². The Morgan fingerprint density at radius 3 is 3.00 bits per heavy atom. The Labute approximate surface area is 135 Å². The van der Waals surface area contributed by atoms with E-state index < -0.39 is 0 Å². The molecule has 2 aromatic heterocycles. The lowest BCUT2D eigenvalue weighted by Crippen LogP contribution is -2.43. The highest BCUT2D eigenvalue weighted by atomic mass is 32.1. The normalized spacial score (nSPS) is 19.9. The van der Waals surface area contributed by atoms with Gasteiger partial charge in [-0.25, -0.2) is 4.98 Å². The molecule has 3 heterocycles. The third-order valence-corrected chi connectivity index (χ3v) is 5.02. The number of hydrogen-bond donors (Lipinski definition) is 0. The molecule has 0 amide bonds. The van der Waals surface area contributed by atoms with Crippen molar-refractivity contribution in [2.24, 2.45) is 0 Å². The van der Waals surface area contributed by atoms with E-state index in [2.05, 4.69) is 42.3 Å². The SMILES string of the molecule is Cc1cnn(C[C@H]2CN(Cc3csc(C(C)C)n3)CCO2)c1. The maximum atomic E-state index is 5.88. The second-order valence-electron chi connectivity index (χ2n) is 6.30. The van der Waals surface area contributed by atoms with Crippen LogP contribution in [0.25, 0.3) is 0 Å². The molecular formula is C16H24N4OS. The molecule has 0 spiro atoms. The lowest BCUT2D eigenvalue weighted by molar-refractivity contribution is -0.0405. The van der Waals surface area contributed by atoms with Gasteiger partial charge in [-0.2, -0.15) is 5.10 Å². The second kappa shape index (κ2) is 6.89. The minimum absolute atomic E-state index is 0.205. The predicted molar refractivity (Wildman–Crippen MR) is 88.2 cm³/mol. The van der Waals surface area contributed by atoms with Crippen LogP contribution in [-0.2, 0) is 17.8 Å². The summed E-state index contributed by atoms with van der Waals surface area (Å²) in [5, 5.41) is 7.77. The molecule has 0 bridgehead atoms. The second-order valence-corrected chi connectivity index (χ2v) is 7.19. The lowest BCUT2D eigenvalue weighted by Gasteiger charge is -2.32. The average molecular weight is 320 g/mol. The first-order chi connectivity index (χ1) is 10.6. The van der Waals surface area contributed by atoms with Crippen LogP contribution in [0.1, 0.15) is 36.0 Å². The Bertz CT molecular complexity index is 607. The number of thiazole rings is 1. The van der Waals surface area contributed by atoms with Crippen molar-refractivity contribution in [3.8, 4) is 0 Å². The highest BCUT2D eigenvalue weighted by Crippen LogP contribution is 2.20. The van der Waals surface area contributed by atoms with Gasteiger partial charge in [0.2, 0.25) is 0 Å². The number of aryl methyl sites for hydroxylation is 1. The molecule has 1 saturated heterocycles. The summed E-state index contributed by atoms with van der Waals surface area (Å²) in [4.78, 5) is 7.17. The monoisotopic (exact) mass is 320 g/mol. The van der Waals surface area contributed by atoms with Crippen molar-refractivity contribution in [2.75, 3.05) is 19.7 Å². The third-order valence-electron chi connectivity index (χ3n) is 3.82. The van der Waals surface area contributed by atoms with E-state index in [4.69, 9.17) is 9.72 Å². The van der Waals surface area contributed by atoms with Crippen molar-refractivity contribution in [3.05, 3.63) is 34.0 Å². The number of nitrogens with zero attached hydrogens (tertiary/aromatic N) is 4. The van der Waals surface area contributed by atoms with Crippen molar-refractivity contribution in [3.63, 3.8) is 0 Å². The Morgan fingerprint density at radius 1 is 1.45 bits per heavy atom. The molecular weight excluding hydrogens is 296 g/mol. The van der Waals surface area contributed by atoms with E-state index in [0.29, 0.717) is 5.92 Å². The fourth-order valence-corrected chi connectivity index (χ4v) is 3.53. The first-order valence-corrected chi connectivity index (χ1v) is 8.75. The minimum Gasteiger partial charge on any atom is -0.374 e. The summed E-state index contributed by atoms with van der Waals surface area (Å²) in [5.74, 6) is 0.513. The van der Waals surface area contributed by atoms with Gasteiger partial charge in [0.05, 0.1) is 36.2 Å². The van der Waals surface area contributed by atoms with E-state index in [0.717, 1.165) is 32.8 Å². The van der Waals surface area contributed by atoms with Crippen LogP contribution in [0.3, 0.4) is 0 Å². The minimum atomic E-state index is 0.205. The first kappa shape index (κ1) is 15.6. The summed E-state index contributed by atoms with van der Waals surface area (Å²) in [6.45, 7) is 10.9. The Morgan fingerprint density at radius 2 is 2.32 bits per heavy atom. The zero-order valence-corrected chi connectivity index (χ0v) is 14.3. The molecule has 0 aliphatic carbocycles. The van der Waals surface area contributed by atoms with Crippen LogP contribution >= 0.6 is 11.3 Å². The lowest BCUT2D eigenvalue weighted by atomic mass is 10.2. The average Bonchev–Trinajstić information content (AvgIpc) is 3.09. The molecule has 0 N–H and O–H groups in total. The number of aromatic nitrogens is 3. The van der Waals surface area contributed by atoms with Gasteiger partial charge in [-0.15, -0.1) is 11.3 Å². The van der Waals surface area contributed by atoms with Crippen molar-refractivity contribution in [1.29, 1.82) is 0 Å². The molecule has 1 fully saturated rings. The van der Waals surface area contributed by atoms with Crippen LogP contribution in [0.15, 0.2) is 17.8 Å². The van der Waals surface area contributed by atoms with Gasteiger partial charge in [-0.1, -0.05) is 13.8 Å². The van der Waals surface area contributed by atoms with Gasteiger partial charge in [-0.05, 0) is 12.5 Å². The summed E-state index contributed by atoms with van der Waals surface area (Å²) in [7, 11) is 0. The van der Waals surface area contributed by atoms with Crippen LogP contribution in [-0.4, -0.2) is 45.5 Å². The van der Waals surface area contributed by atoms with Crippen LogP contribution in [0.4, 0.5) is 0 Å². The van der Waals surface area contributed by atoms with E-state index in [9.17, 15) is 0 Å². The quantitative estimate of drug-likeness (QED) is 0.849. The molecule has 120 valence electrons.